The number of nitrogens with zero attached hydrogens (tertiary/aromatic N) is 1. The highest BCUT2D eigenvalue weighted by Gasteiger charge is 2.37. The molecule has 4 rings (SSSR count). The smallest absolute Gasteiger partial charge is 0.355 e. The zero-order valence-corrected chi connectivity index (χ0v) is 19.7. The van der Waals surface area contributed by atoms with Gasteiger partial charge in [-0.3, -0.25) is 9.59 Å². The van der Waals surface area contributed by atoms with Gasteiger partial charge in [0.2, 0.25) is 21.8 Å². The molecule has 0 bridgehead atoms. The van der Waals surface area contributed by atoms with Crippen LogP contribution in [0, 0.1) is 5.92 Å². The third-order valence-electron chi connectivity index (χ3n) is 6.15. The summed E-state index contributed by atoms with van der Waals surface area (Å²) in [6.45, 7) is 0.275. The highest BCUT2D eigenvalue weighted by molar-refractivity contribution is 7.89. The first-order valence-corrected chi connectivity index (χ1v) is 12.9. The van der Waals surface area contributed by atoms with Crippen LogP contribution in [0.5, 0.6) is 0 Å². The van der Waals surface area contributed by atoms with E-state index in [4.69, 9.17) is 0 Å². The van der Waals surface area contributed by atoms with Crippen molar-refractivity contribution in [3.05, 3.63) is 59.7 Å². The molecule has 0 spiro atoms. The molecule has 2 aromatic rings. The second-order valence-corrected chi connectivity index (χ2v) is 10.7. The normalized spacial score (nSPS) is 19.2. The van der Waals surface area contributed by atoms with Crippen LogP contribution in [0.2, 0.25) is 0 Å². The van der Waals surface area contributed by atoms with Crippen molar-refractivity contribution >= 4 is 27.5 Å². The van der Waals surface area contributed by atoms with Crippen LogP contribution in [0.1, 0.15) is 43.2 Å². The molecule has 188 valence electrons. The predicted molar refractivity (Wildman–Crippen MR) is 123 cm³/mol. The van der Waals surface area contributed by atoms with Crippen LogP contribution < -0.4 is 10.6 Å². The average molecular weight is 510 g/mol. The second-order valence-electron chi connectivity index (χ2n) is 8.84. The number of amides is 2. The van der Waals surface area contributed by atoms with Gasteiger partial charge in [0.1, 0.15) is 6.04 Å². The van der Waals surface area contributed by atoms with Crippen LogP contribution >= 0.6 is 0 Å². The van der Waals surface area contributed by atoms with Crippen LogP contribution in [0.25, 0.3) is 0 Å². The Bertz CT molecular complexity index is 1180. The Morgan fingerprint density at radius 2 is 1.66 bits per heavy atom. The summed E-state index contributed by atoms with van der Waals surface area (Å²) in [5.74, 6) is -0.460. The maximum Gasteiger partial charge on any atom is 0.416 e. The third-order valence-corrected chi connectivity index (χ3v) is 8.02. The lowest BCUT2D eigenvalue weighted by Gasteiger charge is -2.29. The van der Waals surface area contributed by atoms with Gasteiger partial charge in [0.15, 0.2) is 0 Å². The fraction of sp³-hybridized carbons (Fsp3) is 0.417. The number of carbonyl (C=O) groups is 2. The number of halogens is 3. The molecule has 0 aromatic heterocycles. The number of benzene rings is 2. The summed E-state index contributed by atoms with van der Waals surface area (Å²) in [6, 6.07) is 8.90. The van der Waals surface area contributed by atoms with Crippen molar-refractivity contribution in [2.75, 3.05) is 11.9 Å². The first kappa shape index (κ1) is 25.2. The maximum atomic E-state index is 13.6. The molecular formula is C24H26F3N3O4S. The SMILES string of the molecule is O=C(Nc1ccc(CN(C2CCCCNC2=O)S(=O)(=O)c2ccc(C(F)(F)F)cc2)cc1)C1CC1. The van der Waals surface area contributed by atoms with E-state index in [-0.39, 0.29) is 23.3 Å². The summed E-state index contributed by atoms with van der Waals surface area (Å²) in [6.07, 6.45) is -1.25. The van der Waals surface area contributed by atoms with E-state index in [1.165, 1.54) is 0 Å². The molecule has 2 aliphatic rings. The minimum absolute atomic E-state index is 0.0350. The quantitative estimate of drug-likeness (QED) is 0.592. The van der Waals surface area contributed by atoms with E-state index in [1.807, 2.05) is 0 Å². The maximum absolute atomic E-state index is 13.6. The zero-order valence-electron chi connectivity index (χ0n) is 18.8. The van der Waals surface area contributed by atoms with Crippen LogP contribution in [0.3, 0.4) is 0 Å². The predicted octanol–water partition coefficient (Wildman–Crippen LogP) is 3.91. The minimum Gasteiger partial charge on any atom is -0.355 e. The fourth-order valence-corrected chi connectivity index (χ4v) is 5.58. The van der Waals surface area contributed by atoms with E-state index in [0.717, 1.165) is 41.4 Å². The number of rotatable bonds is 7. The van der Waals surface area contributed by atoms with Gasteiger partial charge in [0.25, 0.3) is 0 Å². The standard InChI is InChI=1S/C24H26F3N3O4S/c25-24(26,27)18-8-12-20(13-9-18)35(33,34)30(21-3-1-2-14-28-23(21)32)15-16-4-10-19(11-5-16)29-22(31)17-6-7-17/h4-5,8-13,17,21H,1-3,6-7,14-15H2,(H,28,32)(H,29,31). The van der Waals surface area contributed by atoms with Crippen molar-refractivity contribution in [1.82, 2.24) is 9.62 Å². The molecule has 35 heavy (non-hydrogen) atoms. The Balaban J connectivity index is 1.62. The molecule has 1 heterocycles. The molecule has 2 N–H and O–H groups in total. The van der Waals surface area contributed by atoms with Gasteiger partial charge in [-0.1, -0.05) is 12.1 Å². The lowest BCUT2D eigenvalue weighted by Crippen LogP contribution is -2.48. The Kier molecular flexibility index (Phi) is 7.18. The van der Waals surface area contributed by atoms with Gasteiger partial charge in [0.05, 0.1) is 10.5 Å². The lowest BCUT2D eigenvalue weighted by molar-refractivity contribution is -0.137. The summed E-state index contributed by atoms with van der Waals surface area (Å²) < 4.78 is 67.1. The number of hydrogen-bond donors (Lipinski definition) is 2. The Morgan fingerprint density at radius 3 is 2.26 bits per heavy atom. The number of carbonyl (C=O) groups excluding carboxylic acids is 2. The molecule has 2 aromatic carbocycles. The fourth-order valence-electron chi connectivity index (χ4n) is 3.98. The molecule has 11 heteroatoms. The summed E-state index contributed by atoms with van der Waals surface area (Å²) in [5, 5.41) is 5.53. The minimum atomic E-state index is -4.60. The molecule has 1 atom stereocenters. The van der Waals surface area contributed by atoms with Gasteiger partial charge in [-0.05, 0) is 74.1 Å². The molecule has 7 nitrogen and oxygen atoms in total. The molecule has 2 amide bonds. The van der Waals surface area contributed by atoms with E-state index >= 15 is 0 Å². The highest BCUT2D eigenvalue weighted by atomic mass is 32.2. The van der Waals surface area contributed by atoms with Gasteiger partial charge >= 0.3 is 6.18 Å². The first-order chi connectivity index (χ1) is 16.6. The van der Waals surface area contributed by atoms with E-state index in [9.17, 15) is 31.2 Å². The highest BCUT2D eigenvalue weighted by Crippen LogP contribution is 2.32. The van der Waals surface area contributed by atoms with Crippen LogP contribution in [0.15, 0.2) is 53.4 Å². The van der Waals surface area contributed by atoms with Crippen molar-refractivity contribution < 1.29 is 31.2 Å². The number of anilines is 1. The molecule has 1 unspecified atom stereocenters. The van der Waals surface area contributed by atoms with Crippen LogP contribution in [0.4, 0.5) is 18.9 Å². The molecule has 1 aliphatic heterocycles. The van der Waals surface area contributed by atoms with E-state index < -0.39 is 33.7 Å². The van der Waals surface area contributed by atoms with Crippen molar-refractivity contribution in [2.45, 2.75) is 55.8 Å². The molecule has 0 radical (unpaired) electrons. The van der Waals surface area contributed by atoms with Crippen molar-refractivity contribution in [3.8, 4) is 0 Å². The van der Waals surface area contributed by atoms with E-state index in [1.54, 1.807) is 24.3 Å². The van der Waals surface area contributed by atoms with Gasteiger partial charge < -0.3 is 10.6 Å². The Morgan fingerprint density at radius 1 is 1.00 bits per heavy atom. The second kappa shape index (κ2) is 9.98. The summed E-state index contributed by atoms with van der Waals surface area (Å²) >= 11 is 0. The van der Waals surface area contributed by atoms with Gasteiger partial charge in [-0.15, -0.1) is 0 Å². The van der Waals surface area contributed by atoms with Crippen LogP contribution in [-0.2, 0) is 32.3 Å². The molecule has 1 saturated carbocycles. The number of sulfonamides is 1. The summed E-state index contributed by atoms with van der Waals surface area (Å²) in [4.78, 5) is 24.4. The van der Waals surface area contributed by atoms with Crippen LogP contribution in [-0.4, -0.2) is 37.1 Å². The Labute approximate surface area is 201 Å². The number of nitrogens with one attached hydrogen (secondary N) is 2. The van der Waals surface area contributed by atoms with Gasteiger partial charge in [-0.25, -0.2) is 8.42 Å². The molecular weight excluding hydrogens is 483 g/mol. The molecule has 2 fully saturated rings. The Hall–Kier alpha value is -2.92. The van der Waals surface area contributed by atoms with E-state index in [0.29, 0.717) is 37.1 Å². The van der Waals surface area contributed by atoms with Crippen molar-refractivity contribution in [3.63, 3.8) is 0 Å². The monoisotopic (exact) mass is 509 g/mol. The summed E-state index contributed by atoms with van der Waals surface area (Å²) in [7, 11) is -4.31. The molecule has 1 aliphatic carbocycles. The average Bonchev–Trinajstić information content (AvgIpc) is 3.67. The summed E-state index contributed by atoms with van der Waals surface area (Å²) in [5.41, 5.74) is 0.191. The number of alkyl halides is 3. The van der Waals surface area contributed by atoms with E-state index in [2.05, 4.69) is 10.6 Å². The largest absolute Gasteiger partial charge is 0.416 e. The number of hydrogen-bond acceptors (Lipinski definition) is 4. The first-order valence-electron chi connectivity index (χ1n) is 11.4. The van der Waals surface area contributed by atoms with Crippen molar-refractivity contribution in [2.24, 2.45) is 5.92 Å². The topological polar surface area (TPSA) is 95.6 Å². The zero-order chi connectivity index (χ0) is 25.2. The van der Waals surface area contributed by atoms with Crippen molar-refractivity contribution in [1.29, 1.82) is 0 Å². The third kappa shape index (κ3) is 6.02. The molecule has 1 saturated heterocycles. The van der Waals surface area contributed by atoms with Gasteiger partial charge in [-0.2, -0.15) is 17.5 Å². The lowest BCUT2D eigenvalue weighted by atomic mass is 10.1. The van der Waals surface area contributed by atoms with Gasteiger partial charge in [0, 0.05) is 24.7 Å².